The number of aryl methyl sites for hydroxylation is 1. The smallest absolute Gasteiger partial charge is 0.156 e. The SMILES string of the molecule is Cc1[nH]c2nccnc2c1C1CCC(N)CC1. The molecule has 3 N–H and O–H groups in total. The van der Waals surface area contributed by atoms with Crippen molar-refractivity contribution in [2.45, 2.75) is 44.6 Å². The first-order valence-electron chi connectivity index (χ1n) is 6.30. The van der Waals surface area contributed by atoms with Gasteiger partial charge in [0.2, 0.25) is 0 Å². The zero-order valence-electron chi connectivity index (χ0n) is 10.1. The molecule has 0 unspecified atom stereocenters. The van der Waals surface area contributed by atoms with E-state index >= 15 is 0 Å². The summed E-state index contributed by atoms with van der Waals surface area (Å²) >= 11 is 0. The summed E-state index contributed by atoms with van der Waals surface area (Å²) < 4.78 is 0. The van der Waals surface area contributed by atoms with E-state index in [9.17, 15) is 0 Å². The van der Waals surface area contributed by atoms with Crippen molar-refractivity contribution in [3.05, 3.63) is 23.7 Å². The van der Waals surface area contributed by atoms with Crippen LogP contribution < -0.4 is 5.73 Å². The summed E-state index contributed by atoms with van der Waals surface area (Å²) in [4.78, 5) is 12.1. The first kappa shape index (κ1) is 10.7. The van der Waals surface area contributed by atoms with Crippen LogP contribution in [0.3, 0.4) is 0 Å². The number of nitrogens with two attached hydrogens (primary N) is 1. The Morgan fingerprint density at radius 2 is 1.88 bits per heavy atom. The Morgan fingerprint density at radius 3 is 2.65 bits per heavy atom. The number of aromatic amines is 1. The summed E-state index contributed by atoms with van der Waals surface area (Å²) in [6, 6.07) is 0.392. The second-order valence-electron chi connectivity index (χ2n) is 5.03. The molecule has 4 nitrogen and oxygen atoms in total. The molecule has 0 spiro atoms. The van der Waals surface area contributed by atoms with Gasteiger partial charge in [-0.1, -0.05) is 0 Å². The second-order valence-corrected chi connectivity index (χ2v) is 5.03. The van der Waals surface area contributed by atoms with E-state index in [1.165, 1.54) is 24.1 Å². The van der Waals surface area contributed by atoms with E-state index in [2.05, 4.69) is 21.9 Å². The van der Waals surface area contributed by atoms with Crippen molar-refractivity contribution in [2.75, 3.05) is 0 Å². The highest BCUT2D eigenvalue weighted by atomic mass is 14.9. The molecule has 0 bridgehead atoms. The minimum Gasteiger partial charge on any atom is -0.342 e. The maximum atomic E-state index is 5.97. The predicted molar refractivity (Wildman–Crippen MR) is 67.8 cm³/mol. The maximum Gasteiger partial charge on any atom is 0.156 e. The molecule has 90 valence electrons. The van der Waals surface area contributed by atoms with Crippen molar-refractivity contribution >= 4 is 11.2 Å². The Bertz CT molecular complexity index is 523. The quantitative estimate of drug-likeness (QED) is 0.789. The van der Waals surface area contributed by atoms with Crippen molar-refractivity contribution < 1.29 is 0 Å². The van der Waals surface area contributed by atoms with Crippen molar-refractivity contribution in [1.82, 2.24) is 15.0 Å². The van der Waals surface area contributed by atoms with E-state index in [0.29, 0.717) is 12.0 Å². The topological polar surface area (TPSA) is 67.6 Å². The van der Waals surface area contributed by atoms with Crippen molar-refractivity contribution in [1.29, 1.82) is 0 Å². The second kappa shape index (κ2) is 4.11. The summed E-state index contributed by atoms with van der Waals surface area (Å²) in [6.07, 6.45) is 8.09. The third-order valence-electron chi connectivity index (χ3n) is 3.84. The Hall–Kier alpha value is -1.42. The molecule has 3 rings (SSSR count). The largest absolute Gasteiger partial charge is 0.342 e. The standard InChI is InChI=1S/C13H18N4/c1-8-11(9-2-4-10(14)5-3-9)12-13(17-8)16-7-6-15-12/h6-7,9-10H,2-5,14H2,1H3,(H,16,17). The van der Waals surface area contributed by atoms with Crippen LogP contribution >= 0.6 is 0 Å². The number of hydrogen-bond acceptors (Lipinski definition) is 3. The van der Waals surface area contributed by atoms with Gasteiger partial charge in [-0.2, -0.15) is 0 Å². The van der Waals surface area contributed by atoms with E-state index < -0.39 is 0 Å². The monoisotopic (exact) mass is 230 g/mol. The summed E-state index contributed by atoms with van der Waals surface area (Å²) in [5.74, 6) is 0.597. The van der Waals surface area contributed by atoms with Crippen LogP contribution in [0.15, 0.2) is 12.4 Å². The van der Waals surface area contributed by atoms with Gasteiger partial charge in [0.25, 0.3) is 0 Å². The molecular weight excluding hydrogens is 212 g/mol. The van der Waals surface area contributed by atoms with Gasteiger partial charge < -0.3 is 10.7 Å². The predicted octanol–water partition coefficient (Wildman–Crippen LogP) is 2.25. The number of rotatable bonds is 1. The molecule has 17 heavy (non-hydrogen) atoms. The zero-order valence-corrected chi connectivity index (χ0v) is 10.1. The molecule has 2 aromatic heterocycles. The molecule has 1 saturated carbocycles. The molecule has 2 aromatic rings. The number of fused-ring (bicyclic) bond motifs is 1. The van der Waals surface area contributed by atoms with Crippen LogP contribution in [0.25, 0.3) is 11.2 Å². The van der Waals surface area contributed by atoms with E-state index in [1.54, 1.807) is 12.4 Å². The minimum atomic E-state index is 0.392. The number of aromatic nitrogens is 3. The molecule has 1 aliphatic rings. The molecule has 4 heteroatoms. The Kier molecular flexibility index (Phi) is 2.59. The summed E-state index contributed by atoms with van der Waals surface area (Å²) in [7, 11) is 0. The molecule has 0 radical (unpaired) electrons. The highest BCUT2D eigenvalue weighted by Gasteiger charge is 2.24. The molecule has 0 atom stereocenters. The third-order valence-corrected chi connectivity index (χ3v) is 3.84. The summed E-state index contributed by atoms with van der Waals surface area (Å²) in [6.45, 7) is 2.12. The number of hydrogen-bond donors (Lipinski definition) is 2. The third kappa shape index (κ3) is 1.82. The van der Waals surface area contributed by atoms with E-state index in [0.717, 1.165) is 24.0 Å². The first-order valence-corrected chi connectivity index (χ1v) is 6.30. The lowest BCUT2D eigenvalue weighted by atomic mass is 9.82. The fraction of sp³-hybridized carbons (Fsp3) is 0.538. The number of nitrogens with zero attached hydrogens (tertiary/aromatic N) is 2. The maximum absolute atomic E-state index is 5.97. The van der Waals surface area contributed by atoms with Gasteiger partial charge in [0.15, 0.2) is 5.65 Å². The first-order chi connectivity index (χ1) is 8.25. The average Bonchev–Trinajstić information content (AvgIpc) is 2.66. The van der Waals surface area contributed by atoms with E-state index in [-0.39, 0.29) is 0 Å². The summed E-state index contributed by atoms with van der Waals surface area (Å²) in [5, 5.41) is 0. The molecular formula is C13H18N4. The molecule has 2 heterocycles. The molecule has 0 aliphatic heterocycles. The molecule has 1 aliphatic carbocycles. The Labute approximate surface area is 101 Å². The van der Waals surface area contributed by atoms with Crippen molar-refractivity contribution in [3.8, 4) is 0 Å². The van der Waals surface area contributed by atoms with E-state index in [4.69, 9.17) is 5.73 Å². The molecule has 0 amide bonds. The van der Waals surface area contributed by atoms with Crippen LogP contribution in [0.4, 0.5) is 0 Å². The number of H-pyrrole nitrogens is 1. The van der Waals surface area contributed by atoms with Crippen LogP contribution in [0.1, 0.15) is 42.9 Å². The fourth-order valence-electron chi connectivity index (χ4n) is 2.96. The minimum absolute atomic E-state index is 0.392. The molecule has 1 fully saturated rings. The van der Waals surface area contributed by atoms with Gasteiger partial charge in [0, 0.05) is 29.7 Å². The van der Waals surface area contributed by atoms with Gasteiger partial charge in [-0.05, 0) is 38.5 Å². The lowest BCUT2D eigenvalue weighted by Crippen LogP contribution is -2.25. The van der Waals surface area contributed by atoms with Gasteiger partial charge in [-0.3, -0.25) is 4.98 Å². The van der Waals surface area contributed by atoms with Gasteiger partial charge in [0.1, 0.15) is 5.52 Å². The van der Waals surface area contributed by atoms with Crippen LogP contribution in [-0.2, 0) is 0 Å². The van der Waals surface area contributed by atoms with Crippen LogP contribution in [0, 0.1) is 6.92 Å². The van der Waals surface area contributed by atoms with Crippen molar-refractivity contribution in [3.63, 3.8) is 0 Å². The van der Waals surface area contributed by atoms with Crippen molar-refractivity contribution in [2.24, 2.45) is 5.73 Å². The Balaban J connectivity index is 2.02. The summed E-state index contributed by atoms with van der Waals surface area (Å²) in [5.41, 5.74) is 10.5. The van der Waals surface area contributed by atoms with Gasteiger partial charge >= 0.3 is 0 Å². The van der Waals surface area contributed by atoms with Gasteiger partial charge in [-0.15, -0.1) is 0 Å². The molecule has 0 aromatic carbocycles. The lowest BCUT2D eigenvalue weighted by molar-refractivity contribution is 0.396. The van der Waals surface area contributed by atoms with E-state index in [1.807, 2.05) is 0 Å². The molecule has 0 saturated heterocycles. The van der Waals surface area contributed by atoms with Gasteiger partial charge in [-0.25, -0.2) is 4.98 Å². The van der Waals surface area contributed by atoms with Gasteiger partial charge in [0.05, 0.1) is 0 Å². The van der Waals surface area contributed by atoms with Crippen LogP contribution in [0.2, 0.25) is 0 Å². The Morgan fingerprint density at radius 1 is 1.18 bits per heavy atom. The highest BCUT2D eigenvalue weighted by Crippen LogP contribution is 2.36. The average molecular weight is 230 g/mol. The lowest BCUT2D eigenvalue weighted by Gasteiger charge is -2.26. The van der Waals surface area contributed by atoms with Crippen LogP contribution in [-0.4, -0.2) is 21.0 Å². The highest BCUT2D eigenvalue weighted by molar-refractivity contribution is 5.77. The fourth-order valence-corrected chi connectivity index (χ4v) is 2.96. The normalized spacial score (nSPS) is 25.3. The van der Waals surface area contributed by atoms with Crippen LogP contribution in [0.5, 0.6) is 0 Å². The number of nitrogens with one attached hydrogen (secondary N) is 1. The zero-order chi connectivity index (χ0) is 11.8.